The Hall–Kier alpha value is -2.42. The lowest BCUT2D eigenvalue weighted by Crippen LogP contribution is -2.23. The highest BCUT2D eigenvalue weighted by Crippen LogP contribution is 2.20. The zero-order valence-electron chi connectivity index (χ0n) is 11.5. The summed E-state index contributed by atoms with van der Waals surface area (Å²) in [6.07, 6.45) is 0. The third-order valence-electron chi connectivity index (χ3n) is 2.67. The van der Waals surface area contributed by atoms with Crippen LogP contribution in [0.2, 0.25) is 0 Å². The van der Waals surface area contributed by atoms with Crippen LogP contribution in [0.4, 0.5) is 5.69 Å². The molecule has 0 aliphatic carbocycles. The van der Waals surface area contributed by atoms with E-state index in [2.05, 4.69) is 20.8 Å². The van der Waals surface area contributed by atoms with Crippen molar-refractivity contribution in [3.05, 3.63) is 29.8 Å². The van der Waals surface area contributed by atoms with Crippen molar-refractivity contribution < 1.29 is 9.59 Å². The fourth-order valence-electron chi connectivity index (χ4n) is 1.49. The largest absolute Gasteiger partial charge is 0.366 e. The van der Waals surface area contributed by atoms with Crippen molar-refractivity contribution in [3.8, 4) is 0 Å². The smallest absolute Gasteiger partial charge is 0.248 e. The Morgan fingerprint density at radius 1 is 1.33 bits per heavy atom. The number of aromatic nitrogens is 4. The first kappa shape index (κ1) is 15.0. The van der Waals surface area contributed by atoms with Gasteiger partial charge in [-0.1, -0.05) is 11.8 Å². The van der Waals surface area contributed by atoms with Crippen LogP contribution in [0.15, 0.2) is 29.4 Å². The molecule has 8 nitrogen and oxygen atoms in total. The maximum Gasteiger partial charge on any atom is 0.248 e. The molecule has 2 amide bonds. The maximum atomic E-state index is 12.1. The summed E-state index contributed by atoms with van der Waals surface area (Å²) in [7, 11) is 1.70. The zero-order valence-corrected chi connectivity index (χ0v) is 12.3. The molecule has 0 saturated heterocycles. The lowest BCUT2D eigenvalue weighted by atomic mass is 10.2. The summed E-state index contributed by atoms with van der Waals surface area (Å²) < 4.78 is 1.50. The van der Waals surface area contributed by atoms with Gasteiger partial charge in [-0.3, -0.25) is 9.59 Å². The lowest BCUT2D eigenvalue weighted by Gasteiger charge is -2.11. The van der Waals surface area contributed by atoms with E-state index in [1.54, 1.807) is 38.2 Å². The summed E-state index contributed by atoms with van der Waals surface area (Å²) in [6.45, 7) is 1.76. The predicted octanol–water partition coefficient (Wildman–Crippen LogP) is 0.428. The molecule has 1 aromatic heterocycles. The summed E-state index contributed by atoms with van der Waals surface area (Å²) in [5.74, 6) is -0.693. The van der Waals surface area contributed by atoms with Crippen LogP contribution in [0.1, 0.15) is 17.3 Å². The van der Waals surface area contributed by atoms with Gasteiger partial charge >= 0.3 is 0 Å². The second kappa shape index (κ2) is 6.35. The Labute approximate surface area is 125 Å². The van der Waals surface area contributed by atoms with E-state index in [1.807, 2.05) is 0 Å². The quantitative estimate of drug-likeness (QED) is 0.774. The number of anilines is 1. The molecule has 0 unspecified atom stereocenters. The molecule has 0 aliphatic rings. The monoisotopic (exact) mass is 306 g/mol. The topological polar surface area (TPSA) is 116 Å². The van der Waals surface area contributed by atoms with Gasteiger partial charge in [0.25, 0.3) is 0 Å². The van der Waals surface area contributed by atoms with E-state index in [0.29, 0.717) is 16.4 Å². The van der Waals surface area contributed by atoms with Gasteiger partial charge in [0, 0.05) is 18.3 Å². The minimum absolute atomic E-state index is 0.185. The van der Waals surface area contributed by atoms with Gasteiger partial charge in [-0.2, -0.15) is 0 Å². The Morgan fingerprint density at radius 2 is 2.00 bits per heavy atom. The maximum absolute atomic E-state index is 12.1. The zero-order chi connectivity index (χ0) is 15.4. The van der Waals surface area contributed by atoms with Crippen LogP contribution in [-0.2, 0) is 11.8 Å². The Morgan fingerprint density at radius 3 is 2.52 bits per heavy atom. The van der Waals surface area contributed by atoms with Crippen LogP contribution in [-0.4, -0.2) is 37.3 Å². The van der Waals surface area contributed by atoms with Crippen molar-refractivity contribution in [2.24, 2.45) is 12.8 Å². The number of amides is 2. The molecule has 2 aromatic rings. The van der Waals surface area contributed by atoms with Crippen LogP contribution in [0.5, 0.6) is 0 Å². The summed E-state index contributed by atoms with van der Waals surface area (Å²) in [4.78, 5) is 23.0. The predicted molar refractivity (Wildman–Crippen MR) is 77.7 cm³/mol. The number of carbonyl (C=O) groups is 2. The third-order valence-corrected chi connectivity index (χ3v) is 3.79. The summed E-state index contributed by atoms with van der Waals surface area (Å²) in [6, 6.07) is 6.36. The first-order valence-corrected chi connectivity index (χ1v) is 6.95. The molecular weight excluding hydrogens is 292 g/mol. The highest BCUT2D eigenvalue weighted by molar-refractivity contribution is 8.00. The number of carbonyl (C=O) groups excluding carboxylic acids is 2. The molecule has 0 saturated carbocycles. The first-order valence-electron chi connectivity index (χ1n) is 6.07. The van der Waals surface area contributed by atoms with Crippen LogP contribution in [0.25, 0.3) is 0 Å². The minimum atomic E-state index is -0.508. The van der Waals surface area contributed by atoms with Crippen LogP contribution < -0.4 is 11.1 Å². The third kappa shape index (κ3) is 3.78. The molecular formula is C12H14N6O2S. The fourth-order valence-corrected chi connectivity index (χ4v) is 2.25. The van der Waals surface area contributed by atoms with E-state index in [1.165, 1.54) is 16.4 Å². The number of aryl methyl sites for hydroxylation is 1. The Balaban J connectivity index is 1.97. The van der Waals surface area contributed by atoms with Gasteiger partial charge in [0.05, 0.1) is 5.25 Å². The van der Waals surface area contributed by atoms with Gasteiger partial charge in [-0.15, -0.1) is 5.10 Å². The molecule has 3 N–H and O–H groups in total. The molecule has 0 fully saturated rings. The standard InChI is InChI=1S/C12H14N6O2S/c1-7(21-12-15-16-17-18(12)2)11(20)14-9-5-3-8(4-6-9)10(13)19/h3-7H,1-2H3,(H2,13,19)(H,14,20)/t7-/m1/s1. The molecule has 21 heavy (non-hydrogen) atoms. The summed E-state index contributed by atoms with van der Waals surface area (Å²) in [5.41, 5.74) is 6.13. The molecule has 0 bridgehead atoms. The van der Waals surface area contributed by atoms with Crippen LogP contribution >= 0.6 is 11.8 Å². The molecule has 1 aromatic carbocycles. The molecule has 1 atom stereocenters. The molecule has 0 spiro atoms. The van der Waals surface area contributed by atoms with E-state index in [-0.39, 0.29) is 11.2 Å². The van der Waals surface area contributed by atoms with Crippen LogP contribution in [0.3, 0.4) is 0 Å². The van der Waals surface area contributed by atoms with E-state index in [9.17, 15) is 9.59 Å². The number of primary amides is 1. The Bertz CT molecular complexity index is 654. The molecule has 0 aliphatic heterocycles. The number of rotatable bonds is 5. The summed E-state index contributed by atoms with van der Waals surface area (Å²) in [5, 5.41) is 14.0. The van der Waals surface area contributed by atoms with Gasteiger partial charge in [-0.05, 0) is 41.6 Å². The molecule has 9 heteroatoms. The van der Waals surface area contributed by atoms with Gasteiger partial charge in [0.15, 0.2) is 0 Å². The lowest BCUT2D eigenvalue weighted by molar-refractivity contribution is -0.115. The molecule has 0 radical (unpaired) electrons. The number of nitrogens with one attached hydrogen (secondary N) is 1. The summed E-state index contributed by atoms with van der Waals surface area (Å²) >= 11 is 1.25. The Kier molecular flexibility index (Phi) is 4.53. The number of benzene rings is 1. The van der Waals surface area contributed by atoms with Gasteiger partial charge in [0.1, 0.15) is 0 Å². The second-order valence-electron chi connectivity index (χ2n) is 4.28. The number of thioether (sulfide) groups is 1. The molecule has 2 rings (SSSR count). The fraction of sp³-hybridized carbons (Fsp3) is 0.250. The van der Waals surface area contributed by atoms with Crippen molar-refractivity contribution in [1.29, 1.82) is 0 Å². The van der Waals surface area contributed by atoms with Crippen LogP contribution in [0, 0.1) is 0 Å². The van der Waals surface area contributed by atoms with Crippen molar-refractivity contribution in [1.82, 2.24) is 20.2 Å². The van der Waals surface area contributed by atoms with Gasteiger partial charge in [-0.25, -0.2) is 4.68 Å². The first-order chi connectivity index (χ1) is 9.97. The van der Waals surface area contributed by atoms with Crippen molar-refractivity contribution in [3.63, 3.8) is 0 Å². The van der Waals surface area contributed by atoms with Gasteiger partial charge < -0.3 is 11.1 Å². The second-order valence-corrected chi connectivity index (χ2v) is 5.58. The normalized spacial score (nSPS) is 11.9. The highest BCUT2D eigenvalue weighted by Gasteiger charge is 2.17. The molecule has 110 valence electrons. The average Bonchev–Trinajstić information content (AvgIpc) is 2.84. The number of hydrogen-bond donors (Lipinski definition) is 2. The van der Waals surface area contributed by atoms with E-state index < -0.39 is 5.91 Å². The highest BCUT2D eigenvalue weighted by atomic mass is 32.2. The molecule has 1 heterocycles. The van der Waals surface area contributed by atoms with E-state index in [0.717, 1.165) is 0 Å². The van der Waals surface area contributed by atoms with Crippen molar-refractivity contribution in [2.75, 3.05) is 5.32 Å². The average molecular weight is 306 g/mol. The number of nitrogens with two attached hydrogens (primary N) is 1. The number of hydrogen-bond acceptors (Lipinski definition) is 6. The SMILES string of the molecule is C[C@@H](Sc1nnnn1C)C(=O)Nc1ccc(C(N)=O)cc1. The van der Waals surface area contributed by atoms with E-state index >= 15 is 0 Å². The van der Waals surface area contributed by atoms with E-state index in [4.69, 9.17) is 5.73 Å². The number of nitrogens with zero attached hydrogens (tertiary/aromatic N) is 4. The van der Waals surface area contributed by atoms with Gasteiger partial charge in [0.2, 0.25) is 17.0 Å². The van der Waals surface area contributed by atoms with Crippen molar-refractivity contribution >= 4 is 29.3 Å². The number of tetrazole rings is 1. The minimum Gasteiger partial charge on any atom is -0.366 e. The van der Waals surface area contributed by atoms with Crippen molar-refractivity contribution in [2.45, 2.75) is 17.3 Å².